The van der Waals surface area contributed by atoms with E-state index in [1.165, 1.54) is 37.4 Å². The minimum absolute atomic E-state index is 0.0272. The van der Waals surface area contributed by atoms with Crippen molar-refractivity contribution in [1.82, 2.24) is 14.6 Å². The third-order valence-corrected chi connectivity index (χ3v) is 5.74. The predicted molar refractivity (Wildman–Crippen MR) is 121 cm³/mol. The first-order valence-corrected chi connectivity index (χ1v) is 10.9. The smallest absolute Gasteiger partial charge is 0.281 e. The van der Waals surface area contributed by atoms with Gasteiger partial charge in [0, 0.05) is 18.8 Å². The number of anilines is 3. The Balaban J connectivity index is 1.65. The van der Waals surface area contributed by atoms with E-state index in [1.807, 2.05) is 0 Å². The molecule has 0 bridgehead atoms. The molecule has 162 valence electrons. The van der Waals surface area contributed by atoms with Gasteiger partial charge in [-0.25, -0.2) is 18.4 Å². The molecule has 2 aromatic carbocycles. The molecule has 0 unspecified atom stereocenters. The zero-order chi connectivity index (χ0) is 22.7. The molecular formula is C21H18N6O4S. The summed E-state index contributed by atoms with van der Waals surface area (Å²) in [7, 11) is -3.83. The standard InChI is InChI=1S/C21H18N6O4S/c1-14(28)25-27-20(29)17-6-2-3-7-18(17)24-21(27)23-15-9-11-16(12-10-15)32(30,31)26-19-8-4-5-13-22-19/h2-13H,1H3,(H,22,26)(H,23,24)(H,25,28). The lowest BCUT2D eigenvalue weighted by Crippen LogP contribution is -2.34. The van der Waals surface area contributed by atoms with Crippen LogP contribution in [0.2, 0.25) is 0 Å². The first-order valence-electron chi connectivity index (χ1n) is 9.44. The monoisotopic (exact) mass is 450 g/mol. The third kappa shape index (κ3) is 4.42. The lowest BCUT2D eigenvalue weighted by atomic mass is 10.2. The second-order valence-corrected chi connectivity index (χ2v) is 8.41. The van der Waals surface area contributed by atoms with Crippen molar-refractivity contribution in [2.24, 2.45) is 0 Å². The summed E-state index contributed by atoms with van der Waals surface area (Å²) in [4.78, 5) is 32.8. The number of aromatic nitrogens is 3. The minimum Gasteiger partial charge on any atom is -0.324 e. The van der Waals surface area contributed by atoms with Gasteiger partial charge in [0.05, 0.1) is 15.8 Å². The number of hydrogen-bond acceptors (Lipinski definition) is 7. The number of benzene rings is 2. The van der Waals surface area contributed by atoms with Gasteiger partial charge in [-0.05, 0) is 48.5 Å². The van der Waals surface area contributed by atoms with Crippen molar-refractivity contribution in [3.8, 4) is 0 Å². The maximum absolute atomic E-state index is 12.8. The van der Waals surface area contributed by atoms with Crippen LogP contribution in [0.15, 0.2) is 82.6 Å². The van der Waals surface area contributed by atoms with Gasteiger partial charge in [0.1, 0.15) is 5.82 Å². The fraction of sp³-hybridized carbons (Fsp3) is 0.0476. The Morgan fingerprint density at radius 3 is 2.38 bits per heavy atom. The highest BCUT2D eigenvalue weighted by Crippen LogP contribution is 2.20. The molecule has 11 heteroatoms. The summed E-state index contributed by atoms with van der Waals surface area (Å²) < 4.78 is 28.5. The van der Waals surface area contributed by atoms with Crippen LogP contribution in [0.3, 0.4) is 0 Å². The molecule has 0 radical (unpaired) electrons. The molecule has 0 fully saturated rings. The predicted octanol–water partition coefficient (Wildman–Crippen LogP) is 2.43. The van der Waals surface area contributed by atoms with E-state index in [4.69, 9.17) is 0 Å². The lowest BCUT2D eigenvalue weighted by molar-refractivity contribution is -0.115. The quantitative estimate of drug-likeness (QED) is 0.410. The minimum atomic E-state index is -3.83. The first kappa shape index (κ1) is 21.0. The summed E-state index contributed by atoms with van der Waals surface area (Å²) in [5.41, 5.74) is 2.90. The highest BCUT2D eigenvalue weighted by atomic mass is 32.2. The molecule has 32 heavy (non-hydrogen) atoms. The zero-order valence-corrected chi connectivity index (χ0v) is 17.6. The molecule has 0 saturated carbocycles. The summed E-state index contributed by atoms with van der Waals surface area (Å²) in [6.45, 7) is 1.28. The van der Waals surface area contributed by atoms with Gasteiger partial charge < -0.3 is 5.32 Å². The van der Waals surface area contributed by atoms with Crippen LogP contribution in [0, 0.1) is 0 Å². The number of nitrogens with zero attached hydrogens (tertiary/aromatic N) is 3. The molecule has 3 N–H and O–H groups in total. The SMILES string of the molecule is CC(=O)Nn1c(Nc2ccc(S(=O)(=O)Nc3ccccn3)cc2)nc2ccccc2c1=O. The van der Waals surface area contributed by atoms with Crippen molar-refractivity contribution in [2.45, 2.75) is 11.8 Å². The molecule has 0 aliphatic rings. The van der Waals surface area contributed by atoms with Gasteiger partial charge in [0.15, 0.2) is 0 Å². The number of hydrogen-bond donors (Lipinski definition) is 3. The second kappa shape index (κ2) is 8.47. The molecule has 4 aromatic rings. The molecule has 0 saturated heterocycles. The van der Waals surface area contributed by atoms with Gasteiger partial charge in [-0.2, -0.15) is 4.68 Å². The third-order valence-electron chi connectivity index (χ3n) is 4.37. The molecular weight excluding hydrogens is 432 g/mol. The van der Waals surface area contributed by atoms with Crippen LogP contribution in [-0.4, -0.2) is 29.0 Å². The summed E-state index contributed by atoms with van der Waals surface area (Å²) >= 11 is 0. The van der Waals surface area contributed by atoms with Crippen molar-refractivity contribution in [2.75, 3.05) is 15.5 Å². The molecule has 0 aliphatic carbocycles. The number of amides is 1. The van der Waals surface area contributed by atoms with Crippen LogP contribution in [0.4, 0.5) is 17.5 Å². The lowest BCUT2D eigenvalue weighted by Gasteiger charge is -2.15. The number of pyridine rings is 1. The van der Waals surface area contributed by atoms with Crippen molar-refractivity contribution in [3.63, 3.8) is 0 Å². The van der Waals surface area contributed by atoms with E-state index in [1.54, 1.807) is 42.5 Å². The Hall–Kier alpha value is -4.25. The Kier molecular flexibility index (Phi) is 5.56. The maximum Gasteiger partial charge on any atom is 0.281 e. The summed E-state index contributed by atoms with van der Waals surface area (Å²) in [5, 5.41) is 3.29. The number of carbonyl (C=O) groups is 1. The average Bonchev–Trinajstić information content (AvgIpc) is 2.77. The normalized spacial score (nSPS) is 11.2. The highest BCUT2D eigenvalue weighted by molar-refractivity contribution is 7.92. The van der Waals surface area contributed by atoms with Crippen LogP contribution in [0.5, 0.6) is 0 Å². The summed E-state index contributed by atoms with van der Waals surface area (Å²) in [6, 6.07) is 17.5. The number of sulfonamides is 1. The van der Waals surface area contributed by atoms with E-state index in [9.17, 15) is 18.0 Å². The average molecular weight is 450 g/mol. The summed E-state index contributed by atoms with van der Waals surface area (Å²) in [6.07, 6.45) is 1.48. The van der Waals surface area contributed by atoms with Crippen LogP contribution in [0.25, 0.3) is 10.9 Å². The Bertz CT molecular complexity index is 1450. The van der Waals surface area contributed by atoms with E-state index in [0.29, 0.717) is 16.6 Å². The molecule has 0 spiro atoms. The van der Waals surface area contributed by atoms with Gasteiger partial charge in [0.25, 0.3) is 15.6 Å². The summed E-state index contributed by atoms with van der Waals surface area (Å²) in [5.74, 6) is -0.172. The van der Waals surface area contributed by atoms with E-state index in [-0.39, 0.29) is 16.7 Å². The number of rotatable bonds is 6. The molecule has 0 atom stereocenters. The first-order chi connectivity index (χ1) is 15.3. The number of para-hydroxylation sites is 1. The van der Waals surface area contributed by atoms with Crippen molar-refractivity contribution in [3.05, 3.63) is 83.3 Å². The fourth-order valence-corrected chi connectivity index (χ4v) is 3.95. The molecule has 2 heterocycles. The van der Waals surface area contributed by atoms with E-state index in [0.717, 1.165) is 4.68 Å². The van der Waals surface area contributed by atoms with E-state index < -0.39 is 21.5 Å². The molecule has 10 nitrogen and oxygen atoms in total. The van der Waals surface area contributed by atoms with Gasteiger partial charge in [-0.3, -0.25) is 19.7 Å². The van der Waals surface area contributed by atoms with Gasteiger partial charge in [-0.1, -0.05) is 18.2 Å². The molecule has 1 amide bonds. The van der Waals surface area contributed by atoms with E-state index >= 15 is 0 Å². The highest BCUT2D eigenvalue weighted by Gasteiger charge is 2.16. The largest absolute Gasteiger partial charge is 0.324 e. The Morgan fingerprint density at radius 2 is 1.69 bits per heavy atom. The Labute approximate surface area is 183 Å². The van der Waals surface area contributed by atoms with Crippen LogP contribution in [-0.2, 0) is 14.8 Å². The van der Waals surface area contributed by atoms with Crippen LogP contribution < -0.4 is 21.0 Å². The fourth-order valence-electron chi connectivity index (χ4n) is 2.94. The topological polar surface area (TPSA) is 135 Å². The zero-order valence-electron chi connectivity index (χ0n) is 16.8. The Morgan fingerprint density at radius 1 is 0.969 bits per heavy atom. The van der Waals surface area contributed by atoms with Crippen LogP contribution >= 0.6 is 0 Å². The number of carbonyl (C=O) groups excluding carboxylic acids is 1. The van der Waals surface area contributed by atoms with E-state index in [2.05, 4.69) is 25.4 Å². The number of fused-ring (bicyclic) bond motifs is 1. The van der Waals surface area contributed by atoms with Crippen molar-refractivity contribution in [1.29, 1.82) is 0 Å². The second-order valence-electron chi connectivity index (χ2n) is 6.73. The molecule has 0 aliphatic heterocycles. The van der Waals surface area contributed by atoms with Crippen molar-refractivity contribution < 1.29 is 13.2 Å². The van der Waals surface area contributed by atoms with Gasteiger partial charge >= 0.3 is 0 Å². The van der Waals surface area contributed by atoms with Gasteiger partial charge in [0.2, 0.25) is 11.9 Å². The molecule has 2 aromatic heterocycles. The molecule has 4 rings (SSSR count). The maximum atomic E-state index is 12.8. The van der Waals surface area contributed by atoms with Gasteiger partial charge in [-0.15, -0.1) is 0 Å². The van der Waals surface area contributed by atoms with Crippen LogP contribution in [0.1, 0.15) is 6.92 Å². The number of nitrogens with one attached hydrogen (secondary N) is 3. The van der Waals surface area contributed by atoms with Crippen molar-refractivity contribution >= 4 is 44.3 Å².